The van der Waals surface area contributed by atoms with Crippen molar-refractivity contribution in [2.45, 2.75) is 77.0 Å². The molecule has 2 aliphatic heterocycles. The number of carbonyl (C=O) groups excluding carboxylic acids is 1. The predicted octanol–water partition coefficient (Wildman–Crippen LogP) is 8.77. The molecule has 1 spiro atoms. The van der Waals surface area contributed by atoms with Crippen LogP contribution in [-0.2, 0) is 15.6 Å². The van der Waals surface area contributed by atoms with Gasteiger partial charge >= 0.3 is 0 Å². The number of hydrogen-bond donors (Lipinski definition) is 0. The fourth-order valence-corrected chi connectivity index (χ4v) is 9.11. The van der Waals surface area contributed by atoms with Crippen LogP contribution in [-0.4, -0.2) is 29.7 Å². The monoisotopic (exact) mass is 620 g/mol. The van der Waals surface area contributed by atoms with E-state index in [2.05, 4.69) is 117 Å². The van der Waals surface area contributed by atoms with Gasteiger partial charge in [-0.05, 0) is 77.9 Å². The molecular formula is C43H44N2O2. The topological polar surface area (TPSA) is 46.4 Å². The Hall–Kier alpha value is -4.44. The molecule has 0 aromatic heterocycles. The van der Waals surface area contributed by atoms with Crippen LogP contribution in [0.4, 0.5) is 11.4 Å². The number of allylic oxidation sites excluding steroid dienone is 5. The van der Waals surface area contributed by atoms with E-state index in [9.17, 15) is 9.90 Å². The first kappa shape index (κ1) is 29.9. The van der Waals surface area contributed by atoms with Crippen molar-refractivity contribution < 1.29 is 14.5 Å². The molecule has 1 fully saturated rings. The van der Waals surface area contributed by atoms with Crippen LogP contribution >= 0.6 is 0 Å². The predicted molar refractivity (Wildman–Crippen MR) is 192 cm³/mol. The molecule has 0 radical (unpaired) electrons. The Bertz CT molecular complexity index is 2120. The van der Waals surface area contributed by atoms with E-state index in [-0.39, 0.29) is 22.4 Å². The largest absolute Gasteiger partial charge is 0.871 e. The van der Waals surface area contributed by atoms with E-state index < -0.39 is 0 Å². The third-order valence-corrected chi connectivity index (χ3v) is 11.5. The van der Waals surface area contributed by atoms with Crippen LogP contribution in [0.15, 0.2) is 108 Å². The first-order chi connectivity index (χ1) is 22.6. The van der Waals surface area contributed by atoms with Gasteiger partial charge in [-0.15, -0.1) is 0 Å². The molecule has 0 atom stereocenters. The highest BCUT2D eigenvalue weighted by molar-refractivity contribution is 6.24. The first-order valence-electron chi connectivity index (χ1n) is 17.5. The number of anilines is 1. The molecule has 238 valence electrons. The lowest BCUT2D eigenvalue weighted by atomic mass is 9.67. The van der Waals surface area contributed by atoms with Crippen LogP contribution in [0.1, 0.15) is 77.3 Å². The zero-order chi connectivity index (χ0) is 32.7. The standard InChI is InChI=1S/C43H44N2O2/c1-27(2)21-24-45-35-20-18-28-13-7-9-15-30(28)38(35)42(3,4)36(45)25-32-40(46)33(41(32)47)26-37-43(22-11-6-12-23-43)39-31-16-10-8-14-29(31)17-19-34(39)44(37)5/h7-10,13-20,25-27H,6,11-12,21-24H2,1-5H3. The van der Waals surface area contributed by atoms with E-state index in [1.54, 1.807) is 0 Å². The molecule has 4 nitrogen and oxygen atoms in total. The number of likely N-dealkylation sites (N-methyl/N-ethyl adjacent to an activating group) is 1. The van der Waals surface area contributed by atoms with Gasteiger partial charge in [0.05, 0.1) is 5.41 Å². The molecule has 0 unspecified atom stereocenters. The first-order valence-corrected chi connectivity index (χ1v) is 17.5. The number of ketones is 1. The second-order valence-electron chi connectivity index (χ2n) is 15.1. The number of rotatable bonds is 5. The molecule has 0 bridgehead atoms. The lowest BCUT2D eigenvalue weighted by Crippen LogP contribution is -2.36. The maximum atomic E-state index is 14.1. The quantitative estimate of drug-likeness (QED) is 0.166. The number of benzene rings is 4. The van der Waals surface area contributed by atoms with E-state index in [4.69, 9.17) is 0 Å². The molecule has 2 heterocycles. The van der Waals surface area contributed by atoms with Crippen molar-refractivity contribution in [1.82, 2.24) is 0 Å². The van der Waals surface area contributed by atoms with E-state index in [1.165, 1.54) is 50.5 Å². The fourth-order valence-electron chi connectivity index (χ4n) is 9.11. The number of carbonyl (C=O) groups is 1. The van der Waals surface area contributed by atoms with Crippen molar-refractivity contribution >= 4 is 44.4 Å². The van der Waals surface area contributed by atoms with Gasteiger partial charge in [0.15, 0.2) is 11.5 Å². The van der Waals surface area contributed by atoms with Gasteiger partial charge in [0.25, 0.3) is 0 Å². The second-order valence-corrected chi connectivity index (χ2v) is 15.1. The van der Waals surface area contributed by atoms with Gasteiger partial charge in [0.1, 0.15) is 6.54 Å². The van der Waals surface area contributed by atoms with E-state index in [1.807, 2.05) is 12.2 Å². The Labute approximate surface area is 278 Å². The Morgan fingerprint density at radius 1 is 0.851 bits per heavy atom. The molecule has 4 heteroatoms. The molecule has 2 aliphatic carbocycles. The summed E-state index contributed by atoms with van der Waals surface area (Å²) in [7, 11) is 2.11. The van der Waals surface area contributed by atoms with Crippen molar-refractivity contribution in [2.75, 3.05) is 18.5 Å². The summed E-state index contributed by atoms with van der Waals surface area (Å²) in [5, 5.41) is 19.0. The number of Topliss-reactive ketones (excluding diaryl/α,β-unsaturated/α-hetero) is 1. The molecule has 4 aliphatic rings. The minimum absolute atomic E-state index is 0.129. The van der Waals surface area contributed by atoms with Gasteiger partial charge in [-0.3, -0.25) is 4.79 Å². The molecule has 0 N–H and O–H groups in total. The maximum absolute atomic E-state index is 14.1. The van der Waals surface area contributed by atoms with Gasteiger partial charge in [-0.25, -0.2) is 0 Å². The SMILES string of the molecule is CC(C)CC[N+]1=C(/C=C2/C(=O)C(/C=C3/N(C)c4ccc5ccccc5c4C34CCCCC4)=C2[O-])C(C)(C)c2c1ccc1ccccc21. The number of hydrogen-bond acceptors (Lipinski definition) is 3. The van der Waals surface area contributed by atoms with Gasteiger partial charge in [0.2, 0.25) is 5.69 Å². The Balaban J connectivity index is 1.25. The zero-order valence-electron chi connectivity index (χ0n) is 28.3. The molecule has 0 saturated heterocycles. The van der Waals surface area contributed by atoms with Gasteiger partial charge in [-0.1, -0.05) is 93.5 Å². The summed E-state index contributed by atoms with van der Waals surface area (Å²) in [6, 6.07) is 26.0. The van der Waals surface area contributed by atoms with Crippen LogP contribution in [0.3, 0.4) is 0 Å². The summed E-state index contributed by atoms with van der Waals surface area (Å²) in [6.45, 7) is 9.81. The van der Waals surface area contributed by atoms with E-state index in [0.717, 1.165) is 50.1 Å². The molecule has 4 aromatic carbocycles. The number of fused-ring (bicyclic) bond motifs is 7. The summed E-state index contributed by atoms with van der Waals surface area (Å²) in [4.78, 5) is 16.3. The molecular weight excluding hydrogens is 576 g/mol. The average Bonchev–Trinajstić information content (AvgIpc) is 3.44. The Kier molecular flexibility index (Phi) is 6.88. The molecule has 0 amide bonds. The van der Waals surface area contributed by atoms with Crippen molar-refractivity contribution in [3.63, 3.8) is 0 Å². The van der Waals surface area contributed by atoms with Crippen molar-refractivity contribution in [3.05, 3.63) is 119 Å². The summed E-state index contributed by atoms with van der Waals surface area (Å²) in [5.74, 6) is 0.276. The van der Waals surface area contributed by atoms with Gasteiger partial charge in [-0.2, -0.15) is 4.58 Å². The third-order valence-electron chi connectivity index (χ3n) is 11.5. The summed E-state index contributed by atoms with van der Waals surface area (Å²) < 4.78 is 2.37. The van der Waals surface area contributed by atoms with Crippen molar-refractivity contribution in [2.24, 2.45) is 5.92 Å². The highest BCUT2D eigenvalue weighted by atomic mass is 16.3. The lowest BCUT2D eigenvalue weighted by molar-refractivity contribution is -0.439. The molecule has 47 heavy (non-hydrogen) atoms. The summed E-state index contributed by atoms with van der Waals surface area (Å²) in [5.41, 5.74) is 7.25. The van der Waals surface area contributed by atoms with Crippen molar-refractivity contribution in [1.29, 1.82) is 0 Å². The highest BCUT2D eigenvalue weighted by Crippen LogP contribution is 2.57. The number of nitrogens with zero attached hydrogens (tertiary/aromatic N) is 2. The van der Waals surface area contributed by atoms with Gasteiger partial charge in [0, 0.05) is 59.1 Å². The van der Waals surface area contributed by atoms with Crippen LogP contribution in [0.25, 0.3) is 21.5 Å². The Morgan fingerprint density at radius 3 is 2.15 bits per heavy atom. The molecule has 4 aromatic rings. The van der Waals surface area contributed by atoms with Gasteiger partial charge < -0.3 is 10.0 Å². The van der Waals surface area contributed by atoms with Crippen LogP contribution in [0.2, 0.25) is 0 Å². The molecule has 1 saturated carbocycles. The normalized spacial score (nSPS) is 21.6. The maximum Gasteiger partial charge on any atom is 0.210 e. The van der Waals surface area contributed by atoms with E-state index in [0.29, 0.717) is 17.1 Å². The van der Waals surface area contributed by atoms with Crippen LogP contribution in [0, 0.1) is 5.92 Å². The summed E-state index contributed by atoms with van der Waals surface area (Å²) >= 11 is 0. The lowest BCUT2D eigenvalue weighted by Gasteiger charge is -2.38. The Morgan fingerprint density at radius 2 is 1.49 bits per heavy atom. The molecule has 8 rings (SSSR count). The minimum Gasteiger partial charge on any atom is -0.871 e. The van der Waals surface area contributed by atoms with E-state index >= 15 is 0 Å². The average molecular weight is 621 g/mol. The fraction of sp³-hybridized carbons (Fsp3) is 0.349. The van der Waals surface area contributed by atoms with Crippen LogP contribution < -0.4 is 10.0 Å². The second kappa shape index (κ2) is 10.8. The summed E-state index contributed by atoms with van der Waals surface area (Å²) in [6.07, 6.45) is 10.5. The minimum atomic E-state index is -0.366. The smallest absolute Gasteiger partial charge is 0.210 e. The van der Waals surface area contributed by atoms with Crippen LogP contribution in [0.5, 0.6) is 0 Å². The third kappa shape index (κ3) is 4.33. The highest BCUT2D eigenvalue weighted by Gasteiger charge is 2.49. The zero-order valence-corrected chi connectivity index (χ0v) is 28.3. The van der Waals surface area contributed by atoms with Crippen molar-refractivity contribution in [3.8, 4) is 0 Å².